The molecular weight excluding hydrogens is 514 g/mol. The molecule has 5 rings (SSSR count). The third-order valence-corrected chi connectivity index (χ3v) is 8.31. The van der Waals surface area contributed by atoms with Crippen molar-refractivity contribution < 1.29 is 19.2 Å². The Labute approximate surface area is 241 Å². The third-order valence-electron chi connectivity index (χ3n) is 8.31. The number of hydrogen-bond donors (Lipinski definition) is 1. The molecule has 0 aromatic heterocycles. The zero-order valence-electron chi connectivity index (χ0n) is 24.5. The predicted molar refractivity (Wildman–Crippen MR) is 160 cm³/mol. The first-order valence-electron chi connectivity index (χ1n) is 14.5. The Balaban J connectivity index is 1.34. The molecule has 7 heteroatoms. The van der Waals surface area contributed by atoms with Crippen LogP contribution in [-0.2, 0) is 15.0 Å². The Morgan fingerprint density at radius 3 is 2.29 bits per heavy atom. The summed E-state index contributed by atoms with van der Waals surface area (Å²) in [4.78, 5) is 57.4. The van der Waals surface area contributed by atoms with Crippen molar-refractivity contribution in [2.24, 2.45) is 5.92 Å². The van der Waals surface area contributed by atoms with Crippen LogP contribution in [0.1, 0.15) is 73.7 Å². The minimum Gasteiger partial charge on any atom is -0.340 e. The second-order valence-electron chi connectivity index (χ2n) is 12.7. The minimum atomic E-state index is -0.765. The van der Waals surface area contributed by atoms with Crippen molar-refractivity contribution in [3.05, 3.63) is 83.4 Å². The standard InChI is InChI=1S/C34H39N3O4/c1-21(2)19-27(35-31(39)23-13-15-24(16-14-23)34(3,4)5)33(41)36-18-17-28-30(36)29(38)20-37(28)32(40)26-12-8-10-22-9-6-7-11-25(22)26/h6-16,21,27-28,30H,17-20H2,1-5H3,(H,35,39)/t27-,28+,30-/m0/s1. The normalized spacial score (nSPS) is 19.5. The summed E-state index contributed by atoms with van der Waals surface area (Å²) in [5, 5.41) is 4.76. The van der Waals surface area contributed by atoms with Gasteiger partial charge in [-0.2, -0.15) is 0 Å². The van der Waals surface area contributed by atoms with Gasteiger partial charge in [0, 0.05) is 17.7 Å². The Kier molecular flexibility index (Phi) is 7.73. The van der Waals surface area contributed by atoms with E-state index in [1.54, 1.807) is 28.0 Å². The molecule has 2 heterocycles. The quantitative estimate of drug-likeness (QED) is 0.467. The van der Waals surface area contributed by atoms with E-state index in [9.17, 15) is 19.2 Å². The summed E-state index contributed by atoms with van der Waals surface area (Å²) in [7, 11) is 0. The molecule has 2 aliphatic heterocycles. The van der Waals surface area contributed by atoms with Crippen LogP contribution in [0.15, 0.2) is 66.7 Å². The summed E-state index contributed by atoms with van der Waals surface area (Å²) in [5.41, 5.74) is 2.13. The van der Waals surface area contributed by atoms with Crippen LogP contribution < -0.4 is 5.32 Å². The molecule has 0 bridgehead atoms. The lowest BCUT2D eigenvalue weighted by atomic mass is 9.86. The lowest BCUT2D eigenvalue weighted by Crippen LogP contribution is -2.53. The van der Waals surface area contributed by atoms with Gasteiger partial charge in [-0.15, -0.1) is 0 Å². The van der Waals surface area contributed by atoms with Crippen LogP contribution >= 0.6 is 0 Å². The topological polar surface area (TPSA) is 86.8 Å². The van der Waals surface area contributed by atoms with Crippen LogP contribution in [-0.4, -0.2) is 64.5 Å². The monoisotopic (exact) mass is 553 g/mol. The van der Waals surface area contributed by atoms with Gasteiger partial charge in [0.25, 0.3) is 11.8 Å². The fourth-order valence-electron chi connectivity index (χ4n) is 6.16. The number of nitrogens with zero attached hydrogens (tertiary/aromatic N) is 2. The van der Waals surface area contributed by atoms with E-state index >= 15 is 0 Å². The van der Waals surface area contributed by atoms with E-state index < -0.39 is 12.1 Å². The number of rotatable bonds is 6. The number of nitrogens with one attached hydrogen (secondary N) is 1. The fourth-order valence-corrected chi connectivity index (χ4v) is 6.16. The number of benzene rings is 3. The van der Waals surface area contributed by atoms with E-state index in [-0.39, 0.29) is 47.4 Å². The number of hydrogen-bond acceptors (Lipinski definition) is 4. The highest BCUT2D eigenvalue weighted by Gasteiger charge is 2.52. The molecule has 2 saturated heterocycles. The van der Waals surface area contributed by atoms with Crippen molar-refractivity contribution in [3.8, 4) is 0 Å². The number of likely N-dealkylation sites (tertiary alicyclic amines) is 2. The second-order valence-corrected chi connectivity index (χ2v) is 12.7. The molecule has 0 saturated carbocycles. The average molecular weight is 554 g/mol. The Bertz CT molecular complexity index is 1480. The van der Waals surface area contributed by atoms with Crippen molar-refractivity contribution in [2.75, 3.05) is 13.1 Å². The van der Waals surface area contributed by atoms with Gasteiger partial charge in [0.05, 0.1) is 12.6 Å². The fraction of sp³-hybridized carbons (Fsp3) is 0.412. The van der Waals surface area contributed by atoms with Crippen LogP contribution in [0.2, 0.25) is 0 Å². The van der Waals surface area contributed by atoms with E-state index in [0.717, 1.165) is 16.3 Å². The van der Waals surface area contributed by atoms with Crippen LogP contribution in [0.4, 0.5) is 0 Å². The molecule has 2 fully saturated rings. The molecule has 2 aliphatic rings. The minimum absolute atomic E-state index is 0.0253. The second kappa shape index (κ2) is 11.1. The summed E-state index contributed by atoms with van der Waals surface area (Å²) in [6.07, 6.45) is 0.973. The first-order chi connectivity index (χ1) is 19.5. The Hall–Kier alpha value is -4.00. The van der Waals surface area contributed by atoms with E-state index in [2.05, 4.69) is 26.1 Å². The maximum absolute atomic E-state index is 13.9. The molecule has 7 nitrogen and oxygen atoms in total. The van der Waals surface area contributed by atoms with E-state index in [1.165, 1.54) is 0 Å². The Morgan fingerprint density at radius 2 is 1.61 bits per heavy atom. The number of carbonyl (C=O) groups excluding carboxylic acids is 4. The number of amides is 3. The number of carbonyl (C=O) groups is 4. The molecule has 3 amide bonds. The van der Waals surface area contributed by atoms with Crippen molar-refractivity contribution in [1.82, 2.24) is 15.1 Å². The highest BCUT2D eigenvalue weighted by molar-refractivity contribution is 6.10. The van der Waals surface area contributed by atoms with E-state index in [0.29, 0.717) is 30.5 Å². The van der Waals surface area contributed by atoms with Crippen molar-refractivity contribution in [1.29, 1.82) is 0 Å². The number of Topliss-reactive ketones (excluding diaryl/α,β-unsaturated/α-hetero) is 1. The van der Waals surface area contributed by atoms with Gasteiger partial charge in [0.2, 0.25) is 5.91 Å². The van der Waals surface area contributed by atoms with Crippen LogP contribution in [0.3, 0.4) is 0 Å². The highest BCUT2D eigenvalue weighted by Crippen LogP contribution is 2.33. The van der Waals surface area contributed by atoms with Gasteiger partial charge in [-0.05, 0) is 58.7 Å². The molecule has 1 N–H and O–H groups in total. The molecule has 0 spiro atoms. The van der Waals surface area contributed by atoms with Crippen LogP contribution in [0.5, 0.6) is 0 Å². The third kappa shape index (κ3) is 5.63. The molecule has 0 aliphatic carbocycles. The average Bonchev–Trinajstić information content (AvgIpc) is 3.52. The zero-order chi connectivity index (χ0) is 29.5. The molecule has 3 aromatic carbocycles. The predicted octanol–water partition coefficient (Wildman–Crippen LogP) is 4.98. The number of fused-ring (bicyclic) bond motifs is 2. The summed E-state index contributed by atoms with van der Waals surface area (Å²) in [6.45, 7) is 10.7. The van der Waals surface area contributed by atoms with Crippen LogP contribution in [0, 0.1) is 5.92 Å². The summed E-state index contributed by atoms with van der Waals surface area (Å²) < 4.78 is 0. The lowest BCUT2D eigenvalue weighted by Gasteiger charge is -2.29. The smallest absolute Gasteiger partial charge is 0.255 e. The SMILES string of the molecule is CC(C)C[C@H](NC(=O)c1ccc(C(C)(C)C)cc1)C(=O)N1CC[C@@H]2[C@H]1C(=O)CN2C(=O)c1cccc2ccccc12. The maximum Gasteiger partial charge on any atom is 0.255 e. The van der Waals surface area contributed by atoms with Gasteiger partial charge in [-0.25, -0.2) is 0 Å². The van der Waals surface area contributed by atoms with Crippen molar-refractivity contribution in [3.63, 3.8) is 0 Å². The molecular formula is C34H39N3O4. The molecule has 0 radical (unpaired) electrons. The van der Waals surface area contributed by atoms with Crippen LogP contribution in [0.25, 0.3) is 10.8 Å². The molecule has 3 atom stereocenters. The Morgan fingerprint density at radius 1 is 0.927 bits per heavy atom. The van der Waals surface area contributed by atoms with Gasteiger partial charge < -0.3 is 15.1 Å². The van der Waals surface area contributed by atoms with Gasteiger partial charge in [-0.1, -0.05) is 83.1 Å². The molecule has 41 heavy (non-hydrogen) atoms. The first kappa shape index (κ1) is 28.5. The van der Waals surface area contributed by atoms with Gasteiger partial charge in [-0.3, -0.25) is 19.2 Å². The van der Waals surface area contributed by atoms with E-state index in [4.69, 9.17) is 0 Å². The molecule has 0 unspecified atom stereocenters. The van der Waals surface area contributed by atoms with E-state index in [1.807, 2.05) is 62.4 Å². The maximum atomic E-state index is 13.9. The van der Waals surface area contributed by atoms with Crippen molar-refractivity contribution in [2.45, 2.75) is 71.0 Å². The van der Waals surface area contributed by atoms with Gasteiger partial charge in [0.15, 0.2) is 5.78 Å². The molecule has 214 valence electrons. The summed E-state index contributed by atoms with van der Waals surface area (Å²) in [6, 6.07) is 18.9. The van der Waals surface area contributed by atoms with Gasteiger partial charge >= 0.3 is 0 Å². The number of ketones is 1. The first-order valence-corrected chi connectivity index (χ1v) is 14.5. The zero-order valence-corrected chi connectivity index (χ0v) is 24.5. The van der Waals surface area contributed by atoms with Crippen molar-refractivity contribution >= 4 is 34.3 Å². The largest absolute Gasteiger partial charge is 0.340 e. The summed E-state index contributed by atoms with van der Waals surface area (Å²) in [5.74, 6) is -0.761. The molecule has 3 aromatic rings. The van der Waals surface area contributed by atoms with Gasteiger partial charge in [0.1, 0.15) is 12.1 Å². The summed E-state index contributed by atoms with van der Waals surface area (Å²) >= 11 is 0. The highest BCUT2D eigenvalue weighted by atomic mass is 16.2. The lowest BCUT2D eigenvalue weighted by molar-refractivity contribution is -0.138.